The fraction of sp³-hybridized carbons (Fsp3) is 0.583. The predicted molar refractivity (Wildman–Crippen MR) is 75.8 cm³/mol. The third-order valence-corrected chi connectivity index (χ3v) is 4.40. The summed E-state index contributed by atoms with van der Waals surface area (Å²) in [4.78, 5) is 3.40. The Balaban J connectivity index is 2.83. The average Bonchev–Trinajstić information content (AvgIpc) is 2.64. The number of halogens is 1. The van der Waals surface area contributed by atoms with Crippen molar-refractivity contribution in [3.8, 4) is 6.07 Å². The van der Waals surface area contributed by atoms with Crippen LogP contribution in [-0.4, -0.2) is 24.5 Å². The Hall–Kier alpha value is -0.410. The molecule has 1 heterocycles. The highest BCUT2D eigenvalue weighted by Crippen LogP contribution is 2.30. The molecule has 0 saturated carbocycles. The third kappa shape index (κ3) is 4.07. The molecule has 0 amide bonds. The van der Waals surface area contributed by atoms with Gasteiger partial charge in [-0.25, -0.2) is 0 Å². The van der Waals surface area contributed by atoms with Gasteiger partial charge in [-0.2, -0.15) is 5.26 Å². The highest BCUT2D eigenvalue weighted by molar-refractivity contribution is 9.10. The molecule has 3 atom stereocenters. The Kier molecular flexibility index (Phi) is 5.60. The molecule has 1 aromatic heterocycles. The normalized spacial score (nSPS) is 16.5. The first-order chi connectivity index (χ1) is 7.95. The van der Waals surface area contributed by atoms with Crippen LogP contribution in [0.25, 0.3) is 0 Å². The lowest BCUT2D eigenvalue weighted by molar-refractivity contribution is 0.208. The summed E-state index contributed by atoms with van der Waals surface area (Å²) >= 11 is 5.16. The molecule has 0 fully saturated rings. The second-order valence-corrected chi connectivity index (χ2v) is 6.30. The molecule has 17 heavy (non-hydrogen) atoms. The van der Waals surface area contributed by atoms with E-state index in [1.165, 1.54) is 4.88 Å². The lowest BCUT2D eigenvalue weighted by Crippen LogP contribution is -2.38. The molecule has 0 aliphatic rings. The molecular formula is C12H18BrN3S. The van der Waals surface area contributed by atoms with E-state index < -0.39 is 0 Å². The molecule has 0 aliphatic heterocycles. The molecule has 1 aromatic rings. The second kappa shape index (κ2) is 6.50. The Morgan fingerprint density at radius 1 is 1.59 bits per heavy atom. The molecule has 0 spiro atoms. The molecule has 0 radical (unpaired) electrons. The monoisotopic (exact) mass is 315 g/mol. The second-order valence-electron chi connectivity index (χ2n) is 4.44. The number of hydrogen-bond donors (Lipinski definition) is 1. The van der Waals surface area contributed by atoms with Gasteiger partial charge in [-0.3, -0.25) is 4.90 Å². The number of rotatable bonds is 5. The van der Waals surface area contributed by atoms with Crippen LogP contribution >= 0.6 is 27.3 Å². The summed E-state index contributed by atoms with van der Waals surface area (Å²) in [6.45, 7) is 4.67. The summed E-state index contributed by atoms with van der Waals surface area (Å²) in [5.41, 5.74) is 6.06. The van der Waals surface area contributed by atoms with E-state index in [9.17, 15) is 0 Å². The molecule has 0 saturated heterocycles. The van der Waals surface area contributed by atoms with Crippen molar-refractivity contribution >= 4 is 27.3 Å². The van der Waals surface area contributed by atoms with Crippen LogP contribution < -0.4 is 5.73 Å². The maximum absolute atomic E-state index is 8.87. The van der Waals surface area contributed by atoms with Crippen molar-refractivity contribution in [1.29, 1.82) is 5.26 Å². The summed E-state index contributed by atoms with van der Waals surface area (Å²) in [5, 5.41) is 10.9. The highest BCUT2D eigenvalue weighted by Gasteiger charge is 2.23. The molecule has 0 bridgehead atoms. The molecular weight excluding hydrogens is 298 g/mol. The van der Waals surface area contributed by atoms with Gasteiger partial charge in [0.15, 0.2) is 0 Å². The first kappa shape index (κ1) is 14.7. The molecule has 3 nitrogen and oxygen atoms in total. The van der Waals surface area contributed by atoms with E-state index in [2.05, 4.69) is 38.3 Å². The minimum absolute atomic E-state index is 0.0182. The van der Waals surface area contributed by atoms with Gasteiger partial charge in [0.05, 0.1) is 18.0 Å². The van der Waals surface area contributed by atoms with Crippen LogP contribution in [0.1, 0.15) is 24.8 Å². The van der Waals surface area contributed by atoms with E-state index in [-0.39, 0.29) is 18.0 Å². The molecule has 0 aliphatic carbocycles. The number of likely N-dealkylation sites (N-methyl/N-ethyl adjacent to an activating group) is 1. The van der Waals surface area contributed by atoms with E-state index in [0.29, 0.717) is 0 Å². The van der Waals surface area contributed by atoms with Gasteiger partial charge >= 0.3 is 0 Å². The quantitative estimate of drug-likeness (QED) is 0.908. The SMILES string of the molecule is CC(C#N)CN(C)C(c1cc(Br)cs1)C(C)N. The summed E-state index contributed by atoms with van der Waals surface area (Å²) in [5.74, 6) is 0.0182. The van der Waals surface area contributed by atoms with Crippen molar-refractivity contribution in [3.05, 3.63) is 20.8 Å². The first-order valence-electron chi connectivity index (χ1n) is 5.55. The predicted octanol–water partition coefficient (Wildman–Crippen LogP) is 2.99. The van der Waals surface area contributed by atoms with Crippen molar-refractivity contribution < 1.29 is 0 Å². The fourth-order valence-corrected chi connectivity index (χ4v) is 3.67. The lowest BCUT2D eigenvalue weighted by atomic mass is 10.1. The molecule has 2 N–H and O–H groups in total. The smallest absolute Gasteiger partial charge is 0.0666 e. The Bertz CT molecular complexity index is 397. The topological polar surface area (TPSA) is 53.0 Å². The van der Waals surface area contributed by atoms with E-state index in [4.69, 9.17) is 11.0 Å². The van der Waals surface area contributed by atoms with Gasteiger partial charge < -0.3 is 5.73 Å². The zero-order chi connectivity index (χ0) is 13.0. The number of thiophene rings is 1. The maximum Gasteiger partial charge on any atom is 0.0666 e. The van der Waals surface area contributed by atoms with Crippen LogP contribution in [0, 0.1) is 17.2 Å². The minimum atomic E-state index is 0.0182. The maximum atomic E-state index is 8.87. The summed E-state index contributed by atoms with van der Waals surface area (Å²) in [6, 6.07) is 4.57. The van der Waals surface area contributed by atoms with Crippen LogP contribution in [0.2, 0.25) is 0 Å². The van der Waals surface area contributed by atoms with Crippen molar-refractivity contribution in [2.24, 2.45) is 11.7 Å². The van der Waals surface area contributed by atoms with Crippen LogP contribution in [-0.2, 0) is 0 Å². The Morgan fingerprint density at radius 2 is 2.24 bits per heavy atom. The zero-order valence-corrected chi connectivity index (χ0v) is 12.8. The lowest BCUT2D eigenvalue weighted by Gasteiger charge is -2.30. The standard InChI is InChI=1S/C12H18BrN3S/c1-8(5-14)6-16(3)12(9(2)15)11-4-10(13)7-17-11/h4,7-9,12H,6,15H2,1-3H3. The Morgan fingerprint density at radius 3 is 2.65 bits per heavy atom. The van der Waals surface area contributed by atoms with E-state index in [1.807, 2.05) is 20.9 Å². The number of nitriles is 1. The summed E-state index contributed by atoms with van der Waals surface area (Å²) in [7, 11) is 2.02. The average molecular weight is 316 g/mol. The van der Waals surface area contributed by atoms with Gasteiger partial charge in [-0.05, 0) is 42.9 Å². The van der Waals surface area contributed by atoms with Gasteiger partial charge in [0.2, 0.25) is 0 Å². The molecule has 94 valence electrons. The summed E-state index contributed by atoms with van der Waals surface area (Å²) in [6.07, 6.45) is 0. The van der Waals surface area contributed by atoms with E-state index >= 15 is 0 Å². The van der Waals surface area contributed by atoms with Crippen molar-refractivity contribution in [2.45, 2.75) is 25.9 Å². The van der Waals surface area contributed by atoms with Crippen LogP contribution in [0.15, 0.2) is 15.9 Å². The highest BCUT2D eigenvalue weighted by atomic mass is 79.9. The minimum Gasteiger partial charge on any atom is -0.326 e. The summed E-state index contributed by atoms with van der Waals surface area (Å²) < 4.78 is 1.09. The van der Waals surface area contributed by atoms with Gasteiger partial charge in [0.1, 0.15) is 0 Å². The van der Waals surface area contributed by atoms with Crippen molar-refractivity contribution in [2.75, 3.05) is 13.6 Å². The molecule has 1 rings (SSSR count). The van der Waals surface area contributed by atoms with E-state index in [0.717, 1.165) is 11.0 Å². The first-order valence-corrected chi connectivity index (χ1v) is 7.22. The largest absolute Gasteiger partial charge is 0.326 e. The number of hydrogen-bond acceptors (Lipinski definition) is 4. The van der Waals surface area contributed by atoms with Gasteiger partial charge in [-0.1, -0.05) is 0 Å². The van der Waals surface area contributed by atoms with Crippen molar-refractivity contribution in [1.82, 2.24) is 4.90 Å². The van der Waals surface area contributed by atoms with Crippen LogP contribution in [0.4, 0.5) is 0 Å². The number of nitrogens with two attached hydrogens (primary N) is 1. The molecule has 3 unspecified atom stereocenters. The fourth-order valence-electron chi connectivity index (χ4n) is 1.95. The van der Waals surface area contributed by atoms with Gasteiger partial charge in [0, 0.05) is 27.3 Å². The third-order valence-electron chi connectivity index (χ3n) is 2.63. The van der Waals surface area contributed by atoms with Crippen LogP contribution in [0.3, 0.4) is 0 Å². The van der Waals surface area contributed by atoms with Gasteiger partial charge in [-0.15, -0.1) is 11.3 Å². The van der Waals surface area contributed by atoms with Crippen LogP contribution in [0.5, 0.6) is 0 Å². The van der Waals surface area contributed by atoms with E-state index in [1.54, 1.807) is 11.3 Å². The molecule has 0 aromatic carbocycles. The zero-order valence-electron chi connectivity index (χ0n) is 10.4. The van der Waals surface area contributed by atoms with Gasteiger partial charge in [0.25, 0.3) is 0 Å². The van der Waals surface area contributed by atoms with Crippen molar-refractivity contribution in [3.63, 3.8) is 0 Å². The molecule has 5 heteroatoms. The number of nitrogens with zero attached hydrogens (tertiary/aromatic N) is 2. The Labute approximate surface area is 115 Å².